The summed E-state index contributed by atoms with van der Waals surface area (Å²) in [7, 11) is 0. The molecule has 1 saturated carbocycles. The van der Waals surface area contributed by atoms with Gasteiger partial charge in [-0.05, 0) is 32.8 Å². The number of nitrogens with one attached hydrogen (secondary N) is 1. The molecule has 6 nitrogen and oxygen atoms in total. The fourth-order valence-electron chi connectivity index (χ4n) is 3.22. The number of aromatic nitrogens is 4. The van der Waals surface area contributed by atoms with E-state index in [-0.39, 0.29) is 12.6 Å². The van der Waals surface area contributed by atoms with Crippen LogP contribution in [-0.4, -0.2) is 37.7 Å². The van der Waals surface area contributed by atoms with Crippen molar-refractivity contribution in [1.29, 1.82) is 0 Å². The van der Waals surface area contributed by atoms with E-state index in [1.165, 1.54) is 32.1 Å². The van der Waals surface area contributed by atoms with Gasteiger partial charge < -0.3 is 10.4 Å². The number of aliphatic hydroxyl groups excluding tert-OH is 1. The highest BCUT2D eigenvalue weighted by Crippen LogP contribution is 2.36. The van der Waals surface area contributed by atoms with Gasteiger partial charge in [0.2, 0.25) is 5.95 Å². The molecule has 2 aromatic heterocycles. The molecule has 0 saturated heterocycles. The highest BCUT2D eigenvalue weighted by molar-refractivity contribution is 5.62. The van der Waals surface area contributed by atoms with Gasteiger partial charge in [-0.2, -0.15) is 0 Å². The van der Waals surface area contributed by atoms with Gasteiger partial charge in [0.15, 0.2) is 0 Å². The first-order valence-corrected chi connectivity index (χ1v) is 8.71. The van der Waals surface area contributed by atoms with Gasteiger partial charge in [-0.25, -0.2) is 19.9 Å². The molecule has 1 aliphatic carbocycles. The second kappa shape index (κ2) is 7.66. The number of anilines is 1. The molecule has 2 heterocycles. The number of nitrogens with zero attached hydrogens (tertiary/aromatic N) is 4. The van der Waals surface area contributed by atoms with Crippen molar-refractivity contribution in [3.8, 4) is 11.3 Å². The third kappa shape index (κ3) is 3.87. The average Bonchev–Trinajstić information content (AvgIpc) is 2.62. The first kappa shape index (κ1) is 16.8. The molecule has 0 bridgehead atoms. The summed E-state index contributed by atoms with van der Waals surface area (Å²) in [5, 5.41) is 12.3. The highest BCUT2D eigenvalue weighted by Gasteiger charge is 2.22. The van der Waals surface area contributed by atoms with Crippen LogP contribution in [0.25, 0.3) is 11.3 Å². The van der Waals surface area contributed by atoms with Gasteiger partial charge in [-0.1, -0.05) is 19.3 Å². The maximum absolute atomic E-state index is 9.19. The SMILES string of the molecule is Cc1ncc(-c2ccnc(N[C@@H](C)CO)n2)c(C2CCCCC2)n1. The minimum absolute atomic E-state index is 0.0363. The van der Waals surface area contributed by atoms with E-state index in [2.05, 4.69) is 20.3 Å². The second-order valence-electron chi connectivity index (χ2n) is 6.54. The van der Waals surface area contributed by atoms with Crippen LogP contribution in [0.2, 0.25) is 0 Å². The smallest absolute Gasteiger partial charge is 0.223 e. The van der Waals surface area contributed by atoms with Crippen molar-refractivity contribution in [3.05, 3.63) is 30.0 Å². The van der Waals surface area contributed by atoms with Crippen molar-refractivity contribution in [2.75, 3.05) is 11.9 Å². The van der Waals surface area contributed by atoms with Crippen LogP contribution < -0.4 is 5.32 Å². The van der Waals surface area contributed by atoms with Gasteiger partial charge in [-0.15, -0.1) is 0 Å². The Morgan fingerprint density at radius 3 is 2.75 bits per heavy atom. The zero-order chi connectivity index (χ0) is 16.9. The molecule has 2 N–H and O–H groups in total. The van der Waals surface area contributed by atoms with Crippen LogP contribution in [0.1, 0.15) is 56.5 Å². The van der Waals surface area contributed by atoms with Crippen molar-refractivity contribution in [2.45, 2.75) is 57.9 Å². The summed E-state index contributed by atoms with van der Waals surface area (Å²) in [6.07, 6.45) is 9.82. The molecule has 1 aliphatic rings. The molecule has 0 radical (unpaired) electrons. The molecule has 1 atom stereocenters. The summed E-state index contributed by atoms with van der Waals surface area (Å²) in [5.74, 6) is 1.81. The molecule has 128 valence electrons. The first-order chi connectivity index (χ1) is 11.7. The van der Waals surface area contributed by atoms with Crippen LogP contribution >= 0.6 is 0 Å². The third-order valence-corrected chi connectivity index (χ3v) is 4.51. The Labute approximate surface area is 142 Å². The normalized spacial score (nSPS) is 16.8. The molecule has 2 aromatic rings. The third-order valence-electron chi connectivity index (χ3n) is 4.51. The van der Waals surface area contributed by atoms with Crippen LogP contribution in [0.4, 0.5) is 5.95 Å². The predicted molar refractivity (Wildman–Crippen MR) is 93.8 cm³/mol. The van der Waals surface area contributed by atoms with Gasteiger partial charge in [0.05, 0.1) is 18.0 Å². The molecule has 0 unspecified atom stereocenters. The van der Waals surface area contributed by atoms with E-state index < -0.39 is 0 Å². The maximum atomic E-state index is 9.19. The quantitative estimate of drug-likeness (QED) is 0.878. The van der Waals surface area contributed by atoms with E-state index in [4.69, 9.17) is 4.98 Å². The summed E-state index contributed by atoms with van der Waals surface area (Å²) in [5.41, 5.74) is 2.94. The minimum Gasteiger partial charge on any atom is -0.394 e. The van der Waals surface area contributed by atoms with Gasteiger partial charge in [0, 0.05) is 29.9 Å². The summed E-state index contributed by atoms with van der Waals surface area (Å²) >= 11 is 0. The summed E-state index contributed by atoms with van der Waals surface area (Å²) in [6, 6.07) is 1.81. The molecule has 6 heteroatoms. The van der Waals surface area contributed by atoms with Gasteiger partial charge in [0.25, 0.3) is 0 Å². The Morgan fingerprint density at radius 2 is 2.00 bits per heavy atom. The summed E-state index contributed by atoms with van der Waals surface area (Å²) in [4.78, 5) is 18.0. The van der Waals surface area contributed by atoms with E-state index in [0.29, 0.717) is 11.9 Å². The fourth-order valence-corrected chi connectivity index (χ4v) is 3.22. The fraction of sp³-hybridized carbons (Fsp3) is 0.556. The Kier molecular flexibility index (Phi) is 5.35. The topological polar surface area (TPSA) is 83.8 Å². The Morgan fingerprint density at radius 1 is 1.21 bits per heavy atom. The van der Waals surface area contributed by atoms with E-state index in [9.17, 15) is 5.11 Å². The standard InChI is InChI=1S/C18H25N5O/c1-12(11-24)21-18-19-9-8-16(23-18)15-10-20-13(2)22-17(15)14-6-4-3-5-7-14/h8-10,12,14,24H,3-7,11H2,1-2H3,(H,19,21,23)/t12-/m0/s1. The van der Waals surface area contributed by atoms with Crippen molar-refractivity contribution in [1.82, 2.24) is 19.9 Å². The Balaban J connectivity index is 1.95. The largest absolute Gasteiger partial charge is 0.394 e. The van der Waals surface area contributed by atoms with Crippen LogP contribution in [0.5, 0.6) is 0 Å². The molecule has 1 fully saturated rings. The predicted octanol–water partition coefficient (Wildman–Crippen LogP) is 3.08. The lowest BCUT2D eigenvalue weighted by molar-refractivity contribution is 0.281. The van der Waals surface area contributed by atoms with Gasteiger partial charge in [-0.3, -0.25) is 0 Å². The van der Waals surface area contributed by atoms with E-state index in [1.807, 2.05) is 26.1 Å². The molecule has 3 rings (SSSR count). The molecule has 0 aromatic carbocycles. The molecule has 0 spiro atoms. The van der Waals surface area contributed by atoms with E-state index >= 15 is 0 Å². The zero-order valence-corrected chi connectivity index (χ0v) is 14.4. The maximum Gasteiger partial charge on any atom is 0.223 e. The first-order valence-electron chi connectivity index (χ1n) is 8.71. The lowest BCUT2D eigenvalue weighted by atomic mass is 9.85. The highest BCUT2D eigenvalue weighted by atomic mass is 16.3. The van der Waals surface area contributed by atoms with Crippen LogP contribution in [0.3, 0.4) is 0 Å². The van der Waals surface area contributed by atoms with Gasteiger partial charge >= 0.3 is 0 Å². The number of aryl methyl sites for hydroxylation is 1. The van der Waals surface area contributed by atoms with Crippen molar-refractivity contribution in [3.63, 3.8) is 0 Å². The van der Waals surface area contributed by atoms with Crippen LogP contribution in [0, 0.1) is 6.92 Å². The minimum atomic E-state index is -0.0904. The van der Waals surface area contributed by atoms with Crippen LogP contribution in [-0.2, 0) is 0 Å². The average molecular weight is 327 g/mol. The monoisotopic (exact) mass is 327 g/mol. The lowest BCUT2D eigenvalue weighted by Crippen LogP contribution is -2.21. The van der Waals surface area contributed by atoms with Crippen molar-refractivity contribution in [2.24, 2.45) is 0 Å². The van der Waals surface area contributed by atoms with E-state index in [1.54, 1.807) is 6.20 Å². The zero-order valence-electron chi connectivity index (χ0n) is 14.4. The summed E-state index contributed by atoms with van der Waals surface area (Å²) in [6.45, 7) is 3.86. The molecule has 0 amide bonds. The molecular formula is C18H25N5O. The van der Waals surface area contributed by atoms with E-state index in [0.717, 1.165) is 22.8 Å². The van der Waals surface area contributed by atoms with Gasteiger partial charge in [0.1, 0.15) is 5.82 Å². The molecule has 24 heavy (non-hydrogen) atoms. The molecule has 0 aliphatic heterocycles. The number of aliphatic hydroxyl groups is 1. The lowest BCUT2D eigenvalue weighted by Gasteiger charge is -2.23. The Bertz CT molecular complexity index is 685. The number of hydrogen-bond acceptors (Lipinski definition) is 6. The summed E-state index contributed by atoms with van der Waals surface area (Å²) < 4.78 is 0. The van der Waals surface area contributed by atoms with Crippen LogP contribution in [0.15, 0.2) is 18.5 Å². The Hall–Kier alpha value is -2.08. The van der Waals surface area contributed by atoms with Crippen molar-refractivity contribution >= 4 is 5.95 Å². The molecular weight excluding hydrogens is 302 g/mol. The number of hydrogen-bond donors (Lipinski definition) is 2. The number of rotatable bonds is 5. The second-order valence-corrected chi connectivity index (χ2v) is 6.54. The van der Waals surface area contributed by atoms with Crippen molar-refractivity contribution < 1.29 is 5.11 Å².